The smallest absolute Gasteiger partial charge is 0.236 e. The topological polar surface area (TPSA) is 43.9 Å². The highest BCUT2D eigenvalue weighted by molar-refractivity contribution is 7.09. The molecule has 0 aromatic carbocycles. The molecule has 6 heteroatoms. The summed E-state index contributed by atoms with van der Waals surface area (Å²) in [5, 5.41) is 2.04. The van der Waals surface area contributed by atoms with Crippen LogP contribution in [0.5, 0.6) is 0 Å². The van der Waals surface area contributed by atoms with E-state index in [0.717, 1.165) is 38.8 Å². The van der Waals surface area contributed by atoms with Gasteiger partial charge in [0.15, 0.2) is 0 Å². The summed E-state index contributed by atoms with van der Waals surface area (Å²) in [6.07, 6.45) is 4.37. The van der Waals surface area contributed by atoms with E-state index < -0.39 is 0 Å². The second kappa shape index (κ2) is 7.66. The normalized spacial score (nSPS) is 24.5. The number of carbonyl (C=O) groups excluding carboxylic acids is 2. The van der Waals surface area contributed by atoms with Crippen LogP contribution >= 0.6 is 11.3 Å². The lowest BCUT2D eigenvalue weighted by Gasteiger charge is -2.34. The molecule has 0 bridgehead atoms. The Morgan fingerprint density at radius 2 is 2.00 bits per heavy atom. The lowest BCUT2D eigenvalue weighted by atomic mass is 10.0. The van der Waals surface area contributed by atoms with Crippen molar-refractivity contribution in [3.8, 4) is 0 Å². The van der Waals surface area contributed by atoms with Crippen molar-refractivity contribution < 1.29 is 9.59 Å². The maximum atomic E-state index is 12.6. The Morgan fingerprint density at radius 3 is 2.71 bits per heavy atom. The van der Waals surface area contributed by atoms with Crippen molar-refractivity contribution in [2.24, 2.45) is 0 Å². The molecule has 3 heterocycles. The number of likely N-dealkylation sites (N-methyl/N-ethyl adjacent to an activating group) is 1. The van der Waals surface area contributed by atoms with Crippen molar-refractivity contribution in [1.29, 1.82) is 0 Å². The molecular weight excluding hydrogens is 322 g/mol. The number of likely N-dealkylation sites (tertiary alicyclic amines) is 2. The van der Waals surface area contributed by atoms with Gasteiger partial charge in [-0.25, -0.2) is 0 Å². The van der Waals surface area contributed by atoms with E-state index in [1.165, 1.54) is 4.88 Å². The van der Waals surface area contributed by atoms with E-state index >= 15 is 0 Å². The number of hydrogen-bond donors (Lipinski definition) is 0. The molecule has 132 valence electrons. The van der Waals surface area contributed by atoms with Gasteiger partial charge in [-0.2, -0.15) is 0 Å². The largest absolute Gasteiger partial charge is 0.340 e. The van der Waals surface area contributed by atoms with E-state index in [1.807, 2.05) is 28.3 Å². The van der Waals surface area contributed by atoms with Crippen molar-refractivity contribution in [2.45, 2.75) is 51.2 Å². The highest BCUT2D eigenvalue weighted by Crippen LogP contribution is 2.30. The van der Waals surface area contributed by atoms with Gasteiger partial charge in [0.25, 0.3) is 0 Å². The Balaban J connectivity index is 1.59. The van der Waals surface area contributed by atoms with E-state index in [-0.39, 0.29) is 11.8 Å². The summed E-state index contributed by atoms with van der Waals surface area (Å²) in [6, 6.07) is 4.72. The summed E-state index contributed by atoms with van der Waals surface area (Å²) < 4.78 is 0. The first-order valence-electron chi connectivity index (χ1n) is 8.84. The number of thiophene rings is 1. The first kappa shape index (κ1) is 17.4. The van der Waals surface area contributed by atoms with Gasteiger partial charge >= 0.3 is 0 Å². The van der Waals surface area contributed by atoms with Crippen molar-refractivity contribution in [2.75, 3.05) is 26.7 Å². The van der Waals surface area contributed by atoms with Gasteiger partial charge in [-0.05, 0) is 43.7 Å². The molecule has 2 saturated heterocycles. The minimum absolute atomic E-state index is 0.169. The summed E-state index contributed by atoms with van der Waals surface area (Å²) >= 11 is 1.68. The third-order valence-electron chi connectivity index (χ3n) is 5.30. The number of hydrogen-bond acceptors (Lipinski definition) is 4. The standard InChI is InChI=1S/C18H27N3O2S/c1-14(22)21-10-4-8-17(21)16-7-3-9-20(16)13-18(23)19(2)12-15-6-5-11-24-15/h5-6,11,16-17H,3-4,7-10,12-13H2,1-2H3. The Bertz CT molecular complexity index is 575. The van der Waals surface area contributed by atoms with Crippen LogP contribution < -0.4 is 0 Å². The van der Waals surface area contributed by atoms with Crippen LogP contribution in [0.1, 0.15) is 37.5 Å². The lowest BCUT2D eigenvalue weighted by Crippen LogP contribution is -2.50. The molecule has 2 aliphatic rings. The first-order valence-corrected chi connectivity index (χ1v) is 9.72. The van der Waals surface area contributed by atoms with E-state index in [9.17, 15) is 9.59 Å². The number of nitrogens with zero attached hydrogens (tertiary/aromatic N) is 3. The number of rotatable bonds is 5. The van der Waals surface area contributed by atoms with Gasteiger partial charge in [0.2, 0.25) is 11.8 Å². The molecule has 2 atom stereocenters. The molecular formula is C18H27N3O2S. The molecule has 0 aliphatic carbocycles. The third kappa shape index (κ3) is 3.81. The quantitative estimate of drug-likeness (QED) is 0.818. The Hall–Kier alpha value is -1.40. The van der Waals surface area contributed by atoms with Gasteiger partial charge < -0.3 is 9.80 Å². The zero-order chi connectivity index (χ0) is 17.1. The molecule has 2 amide bonds. The van der Waals surface area contributed by atoms with Crippen molar-refractivity contribution in [3.05, 3.63) is 22.4 Å². The van der Waals surface area contributed by atoms with Gasteiger partial charge in [-0.1, -0.05) is 6.07 Å². The Labute approximate surface area is 148 Å². The lowest BCUT2D eigenvalue weighted by molar-refractivity contribution is -0.133. The summed E-state index contributed by atoms with van der Waals surface area (Å²) in [6.45, 7) is 4.65. The average Bonchev–Trinajstić information content (AvgIpc) is 3.27. The molecule has 24 heavy (non-hydrogen) atoms. The Kier molecular flexibility index (Phi) is 5.56. The molecule has 0 radical (unpaired) electrons. The zero-order valence-corrected chi connectivity index (χ0v) is 15.4. The molecule has 0 saturated carbocycles. The SMILES string of the molecule is CC(=O)N1CCCC1C1CCCN1CC(=O)N(C)Cc1cccs1. The van der Waals surface area contributed by atoms with Crippen LogP contribution in [0.3, 0.4) is 0 Å². The first-order chi connectivity index (χ1) is 11.6. The van der Waals surface area contributed by atoms with Gasteiger partial charge in [0, 0.05) is 37.5 Å². The van der Waals surface area contributed by atoms with E-state index in [2.05, 4.69) is 11.0 Å². The highest BCUT2D eigenvalue weighted by Gasteiger charge is 2.39. The van der Waals surface area contributed by atoms with Crippen LogP contribution in [-0.2, 0) is 16.1 Å². The molecule has 3 rings (SSSR count). The molecule has 1 aromatic rings. The van der Waals surface area contributed by atoms with Gasteiger partial charge in [-0.3, -0.25) is 14.5 Å². The average molecular weight is 350 g/mol. The maximum Gasteiger partial charge on any atom is 0.236 e. The van der Waals surface area contributed by atoms with Crippen molar-refractivity contribution in [3.63, 3.8) is 0 Å². The molecule has 0 spiro atoms. The van der Waals surface area contributed by atoms with Crippen LogP contribution in [0.2, 0.25) is 0 Å². The van der Waals surface area contributed by atoms with E-state index in [0.29, 0.717) is 25.2 Å². The predicted molar refractivity (Wildman–Crippen MR) is 95.8 cm³/mol. The second-order valence-corrected chi connectivity index (χ2v) is 7.96. The molecule has 1 aromatic heterocycles. The summed E-state index contributed by atoms with van der Waals surface area (Å²) in [7, 11) is 1.88. The predicted octanol–water partition coefficient (Wildman–Crippen LogP) is 2.18. The van der Waals surface area contributed by atoms with Gasteiger partial charge in [0.1, 0.15) is 0 Å². The van der Waals surface area contributed by atoms with Gasteiger partial charge in [-0.15, -0.1) is 11.3 Å². The number of amides is 2. The maximum absolute atomic E-state index is 12.6. The molecule has 0 N–H and O–H groups in total. The fourth-order valence-corrected chi connectivity index (χ4v) is 4.84. The van der Waals surface area contributed by atoms with Crippen LogP contribution in [0, 0.1) is 0 Å². The fourth-order valence-electron chi connectivity index (χ4n) is 4.09. The van der Waals surface area contributed by atoms with E-state index in [1.54, 1.807) is 18.3 Å². The van der Waals surface area contributed by atoms with Gasteiger partial charge in [0.05, 0.1) is 13.1 Å². The third-order valence-corrected chi connectivity index (χ3v) is 6.16. The molecule has 2 unspecified atom stereocenters. The van der Waals surface area contributed by atoms with E-state index in [4.69, 9.17) is 0 Å². The second-order valence-electron chi connectivity index (χ2n) is 6.93. The fraction of sp³-hybridized carbons (Fsp3) is 0.667. The van der Waals surface area contributed by atoms with Crippen LogP contribution in [0.15, 0.2) is 17.5 Å². The summed E-state index contributed by atoms with van der Waals surface area (Å²) in [4.78, 5) is 31.8. The molecule has 5 nitrogen and oxygen atoms in total. The summed E-state index contributed by atoms with van der Waals surface area (Å²) in [5.41, 5.74) is 0. The summed E-state index contributed by atoms with van der Waals surface area (Å²) in [5.74, 6) is 0.341. The van der Waals surface area contributed by atoms with Crippen LogP contribution in [0.4, 0.5) is 0 Å². The highest BCUT2D eigenvalue weighted by atomic mass is 32.1. The molecule has 2 aliphatic heterocycles. The van der Waals surface area contributed by atoms with Crippen molar-refractivity contribution in [1.82, 2.24) is 14.7 Å². The Morgan fingerprint density at radius 1 is 1.25 bits per heavy atom. The van der Waals surface area contributed by atoms with Crippen LogP contribution in [-0.4, -0.2) is 65.3 Å². The number of carbonyl (C=O) groups is 2. The zero-order valence-electron chi connectivity index (χ0n) is 14.6. The van der Waals surface area contributed by atoms with Crippen LogP contribution in [0.25, 0.3) is 0 Å². The monoisotopic (exact) mass is 349 g/mol. The minimum atomic E-state index is 0.169. The minimum Gasteiger partial charge on any atom is -0.340 e. The molecule has 2 fully saturated rings. The van der Waals surface area contributed by atoms with Crippen molar-refractivity contribution >= 4 is 23.2 Å².